The average Bonchev–Trinajstić information content (AvgIpc) is 1.97. The topological polar surface area (TPSA) is 20.2 Å². The molecule has 0 radical (unpaired) electrons. The van der Waals surface area contributed by atoms with Crippen molar-refractivity contribution >= 4 is 0 Å². The van der Waals surface area contributed by atoms with E-state index >= 15 is 0 Å². The maximum Gasteiger partial charge on any atom is 0.115 e. The second-order valence-corrected chi connectivity index (χ2v) is 1.05. The van der Waals surface area contributed by atoms with E-state index in [2.05, 4.69) is 0 Å². The molecule has 1 aromatic rings. The van der Waals surface area contributed by atoms with Crippen LogP contribution >= 0.6 is 0 Å². The number of para-hydroxylation sites is 1. The van der Waals surface area contributed by atoms with E-state index in [0.717, 1.165) is 6.07 Å². The molecule has 1 nitrogen and oxygen atoms in total. The van der Waals surface area contributed by atoms with E-state index in [-0.39, 0.29) is 12.1 Å². The van der Waals surface area contributed by atoms with Gasteiger partial charge in [-0.1, -0.05) is 18.1 Å². The number of hydrogen-bond donors (Lipinski definition) is 1. The summed E-state index contributed by atoms with van der Waals surface area (Å²) >= 11 is 0. The largest absolute Gasteiger partial charge is 0.508 e. The third-order valence-corrected chi connectivity index (χ3v) is 0.534. The van der Waals surface area contributed by atoms with Gasteiger partial charge in [0.2, 0.25) is 0 Å². The van der Waals surface area contributed by atoms with Gasteiger partial charge in [0.1, 0.15) is 5.75 Å². The zero-order valence-corrected chi connectivity index (χ0v) is 3.52. The maximum atomic E-state index is 8.89. The Morgan fingerprint density at radius 3 is 3.14 bits per heavy atom. The molecule has 1 aromatic carbocycles. The predicted molar refractivity (Wildman–Crippen MR) is 28.1 cm³/mol. The Morgan fingerprint density at radius 1 is 1.43 bits per heavy atom. The molecule has 0 aliphatic carbocycles. The van der Waals surface area contributed by atoms with Crippen LogP contribution in [0, 0.1) is 0 Å². The molecule has 0 heterocycles. The minimum absolute atomic E-state index is 0.233. The molecule has 36 valence electrons. The van der Waals surface area contributed by atoms with Crippen molar-refractivity contribution in [3.05, 3.63) is 30.2 Å². The van der Waals surface area contributed by atoms with Crippen LogP contribution in [0.5, 0.6) is 5.75 Å². The summed E-state index contributed by atoms with van der Waals surface area (Å²) < 4.78 is 28.2. The SMILES string of the molecule is [2H]c1cc(O)c([2H])c([2H])c1[2H]. The van der Waals surface area contributed by atoms with Crippen LogP contribution in [0.3, 0.4) is 0 Å². The summed E-state index contributed by atoms with van der Waals surface area (Å²) in [5, 5.41) is 8.89. The van der Waals surface area contributed by atoms with Gasteiger partial charge in [0, 0.05) is 0 Å². The summed E-state index contributed by atoms with van der Waals surface area (Å²) in [6.45, 7) is 0. The van der Waals surface area contributed by atoms with Gasteiger partial charge in [0.05, 0.1) is 5.48 Å². The van der Waals surface area contributed by atoms with Crippen LogP contribution in [-0.2, 0) is 0 Å². The summed E-state index contributed by atoms with van der Waals surface area (Å²) in [7, 11) is 0. The molecule has 0 amide bonds. The van der Waals surface area contributed by atoms with Crippen LogP contribution in [0.15, 0.2) is 30.2 Å². The molecule has 1 rings (SSSR count). The number of rotatable bonds is 0. The van der Waals surface area contributed by atoms with Crippen LogP contribution < -0.4 is 0 Å². The molecule has 7 heavy (non-hydrogen) atoms. The summed E-state index contributed by atoms with van der Waals surface area (Å²) in [5.74, 6) is -0.420. The monoisotopic (exact) mass is 98.1 g/mol. The van der Waals surface area contributed by atoms with Crippen LogP contribution in [-0.4, -0.2) is 5.11 Å². The Bertz CT molecular complexity index is 271. The molecule has 0 saturated carbocycles. The maximum absolute atomic E-state index is 8.89. The van der Waals surface area contributed by atoms with Crippen molar-refractivity contribution in [1.29, 1.82) is 0 Å². The van der Waals surface area contributed by atoms with Crippen molar-refractivity contribution in [3.63, 3.8) is 0 Å². The molecule has 0 saturated heterocycles. The van der Waals surface area contributed by atoms with Gasteiger partial charge >= 0.3 is 0 Å². The van der Waals surface area contributed by atoms with E-state index in [4.69, 9.17) is 10.6 Å². The molecule has 0 unspecified atom stereocenters. The second-order valence-electron chi connectivity index (χ2n) is 1.05. The van der Waals surface area contributed by atoms with E-state index in [9.17, 15) is 0 Å². The molecule has 0 bridgehead atoms. The lowest BCUT2D eigenvalue weighted by atomic mass is 10.3. The fourth-order valence-corrected chi connectivity index (χ4v) is 0.272. The fourth-order valence-electron chi connectivity index (χ4n) is 0.272. The number of hydrogen-bond acceptors (Lipinski definition) is 1. The smallest absolute Gasteiger partial charge is 0.115 e. The van der Waals surface area contributed by atoms with E-state index in [1.807, 2.05) is 0 Å². The average molecular weight is 98.1 g/mol. The first-order valence-corrected chi connectivity index (χ1v) is 1.80. The Hall–Kier alpha value is -0.980. The Morgan fingerprint density at radius 2 is 2.29 bits per heavy atom. The zero-order chi connectivity index (χ0) is 8.59. The first kappa shape index (κ1) is 1.51. The van der Waals surface area contributed by atoms with Gasteiger partial charge in [0.15, 0.2) is 0 Å². The van der Waals surface area contributed by atoms with E-state index in [1.54, 1.807) is 0 Å². The minimum atomic E-state index is -0.420. The Kier molecular flexibility index (Phi) is 0.355. The van der Waals surface area contributed by atoms with Crippen LogP contribution in [0.2, 0.25) is 0 Å². The fraction of sp³-hybridized carbons (Fsp3) is 0. The lowest BCUT2D eigenvalue weighted by Crippen LogP contribution is -1.56. The Labute approximate surface area is 47.8 Å². The van der Waals surface area contributed by atoms with Crippen molar-refractivity contribution in [2.24, 2.45) is 0 Å². The number of phenols is 1. The van der Waals surface area contributed by atoms with Crippen molar-refractivity contribution in [2.75, 3.05) is 0 Å². The van der Waals surface area contributed by atoms with Crippen LogP contribution in [0.1, 0.15) is 5.48 Å². The summed E-state index contributed by atoms with van der Waals surface area (Å²) in [4.78, 5) is 0. The van der Waals surface area contributed by atoms with E-state index in [0.29, 0.717) is 0 Å². The second kappa shape index (κ2) is 1.65. The first-order valence-electron chi connectivity index (χ1n) is 3.80. The van der Waals surface area contributed by atoms with Gasteiger partial charge in [-0.3, -0.25) is 0 Å². The number of aromatic hydroxyl groups is 1. The summed E-state index contributed by atoms with van der Waals surface area (Å²) in [6, 6.07) is -0.375. The highest BCUT2D eigenvalue weighted by molar-refractivity contribution is 5.18. The molecule has 0 spiro atoms. The molecule has 0 aliphatic rings. The molecular formula is C6H6O. The molecule has 0 atom stereocenters. The van der Waals surface area contributed by atoms with Gasteiger partial charge in [-0.15, -0.1) is 0 Å². The highest BCUT2D eigenvalue weighted by Crippen LogP contribution is 2.02. The molecule has 0 fully saturated rings. The van der Waals surface area contributed by atoms with Crippen LogP contribution in [0.25, 0.3) is 0 Å². The molecular weight excluding hydrogens is 88.1 g/mol. The molecule has 1 N–H and O–H groups in total. The van der Waals surface area contributed by atoms with Gasteiger partial charge in [-0.05, 0) is 12.1 Å². The Balaban J connectivity index is 3.46. The third-order valence-electron chi connectivity index (χ3n) is 0.534. The molecule has 1 heteroatoms. The normalized spacial score (nSPS) is 16.6. The lowest BCUT2D eigenvalue weighted by molar-refractivity contribution is 0.475. The highest BCUT2D eigenvalue weighted by Gasteiger charge is 1.74. The summed E-state index contributed by atoms with van der Waals surface area (Å²) in [5.41, 5.74) is 0. The van der Waals surface area contributed by atoms with E-state index < -0.39 is 17.8 Å². The van der Waals surface area contributed by atoms with Crippen molar-refractivity contribution in [3.8, 4) is 5.75 Å². The van der Waals surface area contributed by atoms with Crippen molar-refractivity contribution < 1.29 is 10.6 Å². The van der Waals surface area contributed by atoms with Crippen molar-refractivity contribution in [1.82, 2.24) is 0 Å². The molecule has 0 aliphatic heterocycles. The van der Waals surface area contributed by atoms with Gasteiger partial charge in [0.25, 0.3) is 0 Å². The lowest BCUT2D eigenvalue weighted by Gasteiger charge is -1.82. The van der Waals surface area contributed by atoms with Gasteiger partial charge in [-0.25, -0.2) is 0 Å². The standard InChI is InChI=1S/C6H6O/c7-6-4-2-1-3-5-6/h1-5,7H/i1D,2D,3D,4D. The predicted octanol–water partition coefficient (Wildman–Crippen LogP) is 1.39. The van der Waals surface area contributed by atoms with Crippen molar-refractivity contribution in [2.45, 2.75) is 0 Å². The van der Waals surface area contributed by atoms with Gasteiger partial charge in [-0.2, -0.15) is 0 Å². The van der Waals surface area contributed by atoms with Crippen LogP contribution in [0.4, 0.5) is 0 Å². The zero-order valence-electron chi connectivity index (χ0n) is 7.52. The number of benzene rings is 1. The minimum Gasteiger partial charge on any atom is -0.508 e. The first-order chi connectivity index (χ1) is 5.04. The highest BCUT2D eigenvalue weighted by atomic mass is 16.3. The van der Waals surface area contributed by atoms with Gasteiger partial charge < -0.3 is 5.11 Å². The summed E-state index contributed by atoms with van der Waals surface area (Å²) in [6.07, 6.45) is 0. The third kappa shape index (κ3) is 0.929. The molecule has 0 aromatic heterocycles. The quantitative estimate of drug-likeness (QED) is 0.520. The number of phenolic OH excluding ortho intramolecular Hbond substituents is 1. The van der Waals surface area contributed by atoms with E-state index in [1.165, 1.54) is 0 Å².